The number of aromatic nitrogens is 2. The van der Waals surface area contributed by atoms with E-state index in [1.807, 2.05) is 18.0 Å². The molecule has 0 aliphatic carbocycles. The van der Waals surface area contributed by atoms with Gasteiger partial charge in [-0.05, 0) is 136 Å². The molecule has 3 aromatic rings. The highest BCUT2D eigenvalue weighted by Crippen LogP contribution is 2.43. The Labute approximate surface area is 437 Å². The normalized spacial score (nSPS) is 15.3. The van der Waals surface area contributed by atoms with Gasteiger partial charge in [0.05, 0.1) is 23.3 Å². The number of nitrogens with zero attached hydrogens (tertiary/aromatic N) is 5. The Kier molecular flexibility index (Phi) is 32.4. The zero-order valence-electron chi connectivity index (χ0n) is 46.2. The van der Waals surface area contributed by atoms with Crippen LogP contribution in [0.5, 0.6) is 0 Å². The maximum Gasteiger partial charge on any atom is 0.210 e. The van der Waals surface area contributed by atoms with Crippen LogP contribution in [-0.2, 0) is 22.6 Å². The number of thiol groups is 1. The number of aryl methyl sites for hydroxylation is 1. The highest BCUT2D eigenvalue weighted by molar-refractivity contribution is 7.99. The fourth-order valence-corrected chi connectivity index (χ4v) is 9.73. The molecule has 12 heteroatoms. The van der Waals surface area contributed by atoms with E-state index in [2.05, 4.69) is 163 Å². The molecule has 4 unspecified atom stereocenters. The first-order chi connectivity index (χ1) is 33.5. The predicted octanol–water partition coefficient (Wildman–Crippen LogP) is 13.8. The average molecular weight is 1000 g/mol. The van der Waals surface area contributed by atoms with Crippen LogP contribution in [0.4, 0.5) is 5.69 Å². The summed E-state index contributed by atoms with van der Waals surface area (Å²) in [5, 5.41) is 4.83. The average Bonchev–Trinajstić information content (AvgIpc) is 3.66. The third-order valence-corrected chi connectivity index (χ3v) is 14.2. The number of hydrogen-bond acceptors (Lipinski definition) is 10. The maximum atomic E-state index is 11.0. The van der Waals surface area contributed by atoms with E-state index in [1.54, 1.807) is 18.2 Å². The molecule has 2 aromatic heterocycles. The topological polar surface area (TPSA) is 121 Å². The van der Waals surface area contributed by atoms with E-state index in [0.717, 1.165) is 82.7 Å². The van der Waals surface area contributed by atoms with Crippen molar-refractivity contribution >= 4 is 59.0 Å². The van der Waals surface area contributed by atoms with Crippen molar-refractivity contribution in [3.8, 4) is 11.3 Å². The number of hydrazine groups is 1. The third kappa shape index (κ3) is 20.7. The summed E-state index contributed by atoms with van der Waals surface area (Å²) in [6.45, 7) is 38.3. The molecule has 0 radical (unpaired) electrons. The number of hydrogen-bond donors (Lipinski definition) is 4. The van der Waals surface area contributed by atoms with Crippen LogP contribution >= 0.6 is 24.4 Å². The molecule has 1 amide bonds. The van der Waals surface area contributed by atoms with E-state index in [-0.39, 0.29) is 23.4 Å². The number of amidine groups is 1. The number of carbonyl (C=O) groups is 2. The minimum atomic E-state index is 0.0184. The second-order valence-electron chi connectivity index (χ2n) is 19.8. The molecule has 0 spiro atoms. The number of likely N-dealkylation sites (N-methyl/N-ethyl adjacent to an activating group) is 1. The van der Waals surface area contributed by atoms with Gasteiger partial charge < -0.3 is 19.7 Å². The minimum absolute atomic E-state index is 0.0184. The SMILES string of the molecule is C=C(CCCCNN)C(C)C1N=C(C(C(C)C)N(C)C=O)N1.C=CC(C)=O.C=CCCC(C)(C)Cc1c(-c2cccnc2C(C)CC)n(CC)c2ccc(N3CCCSC3)cc12.CCCCCC.CS. The van der Waals surface area contributed by atoms with Gasteiger partial charge in [0, 0.05) is 61.0 Å². The standard InChI is InChI=1S/C31H43N3S.C16H31N5O.C6H14.C4H6O.CH4S/c1-7-10-16-31(5,6)21-27-26-20-24(33-18-12-19-35-22-33)14-15-28(26)34(9-3)30(27)25-13-11-17-32-29(25)23(4)8-2;1-11(2)14(21(5)10-22)16-19-15(20-16)13(4)12(3)8-6-7-9-18-17;1-3-5-6-4-2;1-3-4(2)5;1-2/h7,11,13-15,17,20,23H,1,8-10,12,16,18-19,21-22H2,2-6H3;10-11,13-15,18H,3,6-9,17H2,1-2,4-5H3,(H,19,20);3-6H2,1-2H3;3H,1H2,2H3;2H,1H3. The van der Waals surface area contributed by atoms with Gasteiger partial charge in [0.15, 0.2) is 5.78 Å². The van der Waals surface area contributed by atoms with Crippen molar-refractivity contribution < 1.29 is 9.59 Å². The number of thioether (sulfide) groups is 1. The summed E-state index contributed by atoms with van der Waals surface area (Å²) in [6, 6.07) is 11.6. The first kappa shape index (κ1) is 64.2. The number of carbonyl (C=O) groups excluding carboxylic acids is 2. The Morgan fingerprint density at radius 2 is 1.73 bits per heavy atom. The number of unbranched alkanes of at least 4 members (excludes halogenated alkanes) is 4. The molecular weight excluding hydrogens is 905 g/mol. The Hall–Kier alpha value is -3.84. The molecule has 4 atom stereocenters. The van der Waals surface area contributed by atoms with E-state index in [0.29, 0.717) is 17.8 Å². The monoisotopic (exact) mass is 1000 g/mol. The van der Waals surface area contributed by atoms with Crippen LogP contribution in [0.15, 0.2) is 79.0 Å². The number of anilines is 1. The number of pyridine rings is 1. The second-order valence-corrected chi connectivity index (χ2v) is 20.9. The van der Waals surface area contributed by atoms with Crippen LogP contribution < -0.4 is 21.5 Å². The summed E-state index contributed by atoms with van der Waals surface area (Å²) < 4.78 is 2.55. The van der Waals surface area contributed by atoms with Gasteiger partial charge in [-0.3, -0.25) is 25.8 Å². The number of amides is 1. The molecule has 4 heterocycles. The summed E-state index contributed by atoms with van der Waals surface area (Å²) in [6.07, 6.45) is 22.2. The second kappa shape index (κ2) is 35.3. The summed E-state index contributed by atoms with van der Waals surface area (Å²) in [4.78, 5) is 34.5. The van der Waals surface area contributed by atoms with Gasteiger partial charge in [-0.1, -0.05) is 113 Å². The molecule has 2 aliphatic rings. The van der Waals surface area contributed by atoms with Crippen molar-refractivity contribution in [2.75, 3.05) is 42.9 Å². The number of benzene rings is 1. The van der Waals surface area contributed by atoms with Gasteiger partial charge in [-0.2, -0.15) is 12.6 Å². The van der Waals surface area contributed by atoms with E-state index in [9.17, 15) is 9.59 Å². The van der Waals surface area contributed by atoms with Gasteiger partial charge in [0.1, 0.15) is 12.0 Å². The molecule has 1 fully saturated rings. The maximum absolute atomic E-state index is 11.0. The van der Waals surface area contributed by atoms with Gasteiger partial charge in [0.25, 0.3) is 0 Å². The fraction of sp³-hybridized carbons (Fsp3) is 0.621. The molecule has 1 saturated heterocycles. The molecule has 70 heavy (non-hydrogen) atoms. The molecular formula is C58H98N8O2S2. The van der Waals surface area contributed by atoms with Gasteiger partial charge in [0.2, 0.25) is 6.41 Å². The largest absolute Gasteiger partial charge is 0.362 e. The Bertz CT molecular complexity index is 2020. The van der Waals surface area contributed by atoms with Crippen LogP contribution in [-0.4, -0.2) is 82.7 Å². The molecule has 5 rings (SSSR count). The number of rotatable bonds is 25. The van der Waals surface area contributed by atoms with Crippen molar-refractivity contribution in [1.82, 2.24) is 25.2 Å². The fourth-order valence-electron chi connectivity index (χ4n) is 8.77. The van der Waals surface area contributed by atoms with Crippen LogP contribution in [0.3, 0.4) is 0 Å². The van der Waals surface area contributed by atoms with E-state index in [4.69, 9.17) is 10.8 Å². The molecule has 0 bridgehead atoms. The summed E-state index contributed by atoms with van der Waals surface area (Å²) in [5.41, 5.74) is 12.2. The quantitative estimate of drug-likeness (QED) is 0.0126. The van der Waals surface area contributed by atoms with Crippen molar-refractivity contribution in [3.63, 3.8) is 0 Å². The minimum Gasteiger partial charge on any atom is -0.362 e. The first-order valence-electron chi connectivity index (χ1n) is 26.2. The van der Waals surface area contributed by atoms with Crippen LogP contribution in [0.2, 0.25) is 0 Å². The van der Waals surface area contributed by atoms with Crippen molar-refractivity contribution in [2.45, 2.75) is 178 Å². The van der Waals surface area contributed by atoms with Crippen molar-refractivity contribution in [3.05, 3.63) is 85.2 Å². The smallest absolute Gasteiger partial charge is 0.210 e. The lowest BCUT2D eigenvalue weighted by atomic mass is 9.80. The lowest BCUT2D eigenvalue weighted by molar-refractivity contribution is -0.118. The molecule has 10 nitrogen and oxygen atoms in total. The van der Waals surface area contributed by atoms with E-state index < -0.39 is 0 Å². The first-order valence-corrected chi connectivity index (χ1v) is 28.3. The number of allylic oxidation sites excluding steroid dienone is 2. The highest BCUT2D eigenvalue weighted by atomic mass is 32.2. The number of nitrogens with two attached hydrogens (primary N) is 1. The Morgan fingerprint density at radius 3 is 2.24 bits per heavy atom. The number of nitrogens with one attached hydrogen (secondary N) is 2. The van der Waals surface area contributed by atoms with Gasteiger partial charge >= 0.3 is 0 Å². The molecule has 2 aliphatic heterocycles. The van der Waals surface area contributed by atoms with Crippen LogP contribution in [0.1, 0.15) is 164 Å². The van der Waals surface area contributed by atoms with Crippen molar-refractivity contribution in [2.24, 2.45) is 28.1 Å². The lowest BCUT2D eigenvalue weighted by Crippen LogP contribution is -2.58. The highest BCUT2D eigenvalue weighted by Gasteiger charge is 2.35. The Morgan fingerprint density at radius 1 is 1.07 bits per heavy atom. The zero-order chi connectivity index (χ0) is 52.8. The van der Waals surface area contributed by atoms with Crippen LogP contribution in [0.25, 0.3) is 22.2 Å². The molecule has 4 N–H and O–H groups in total. The van der Waals surface area contributed by atoms with Gasteiger partial charge in [-0.15, -0.1) is 18.3 Å². The van der Waals surface area contributed by atoms with E-state index in [1.165, 1.54) is 95.5 Å². The van der Waals surface area contributed by atoms with Gasteiger partial charge in [-0.25, -0.2) is 4.99 Å². The number of fused-ring (bicyclic) bond motifs is 1. The predicted molar refractivity (Wildman–Crippen MR) is 313 cm³/mol. The third-order valence-electron chi connectivity index (χ3n) is 13.2. The lowest BCUT2D eigenvalue weighted by Gasteiger charge is -2.39. The number of aliphatic imine (C=N–C) groups is 1. The molecule has 394 valence electrons. The van der Waals surface area contributed by atoms with E-state index >= 15 is 0 Å². The molecule has 1 aromatic carbocycles. The van der Waals surface area contributed by atoms with Crippen LogP contribution in [0, 0.1) is 17.3 Å². The number of ketones is 1. The summed E-state index contributed by atoms with van der Waals surface area (Å²) in [7, 11) is 1.79. The van der Waals surface area contributed by atoms with Crippen molar-refractivity contribution in [1.29, 1.82) is 0 Å². The Balaban J connectivity index is 0.000000594. The zero-order valence-corrected chi connectivity index (χ0v) is 47.9. The molecule has 0 saturated carbocycles. The summed E-state index contributed by atoms with van der Waals surface area (Å²) in [5.74, 6) is 9.59. The summed E-state index contributed by atoms with van der Waals surface area (Å²) >= 11 is 5.57.